The summed E-state index contributed by atoms with van der Waals surface area (Å²) in [5, 5.41) is 2.62. The SMILES string of the molecule is COCCN(CCOC)Cc1ccc(NC=O)cc1. The number of anilines is 1. The summed E-state index contributed by atoms with van der Waals surface area (Å²) in [6.45, 7) is 3.99. The molecule has 106 valence electrons. The van der Waals surface area contributed by atoms with E-state index in [1.807, 2.05) is 24.3 Å². The van der Waals surface area contributed by atoms with E-state index in [4.69, 9.17) is 9.47 Å². The second kappa shape index (κ2) is 9.49. The normalized spacial score (nSPS) is 10.7. The first-order chi connectivity index (χ1) is 9.30. The topological polar surface area (TPSA) is 50.8 Å². The van der Waals surface area contributed by atoms with Gasteiger partial charge in [0.05, 0.1) is 13.2 Å². The number of hydrogen-bond acceptors (Lipinski definition) is 4. The molecule has 0 unspecified atom stereocenters. The number of carbonyl (C=O) groups excluding carboxylic acids is 1. The number of amides is 1. The lowest BCUT2D eigenvalue weighted by Crippen LogP contribution is -2.30. The first-order valence-corrected chi connectivity index (χ1v) is 6.29. The lowest BCUT2D eigenvalue weighted by Gasteiger charge is -2.21. The number of rotatable bonds is 10. The van der Waals surface area contributed by atoms with Gasteiger partial charge in [0.25, 0.3) is 0 Å². The molecule has 1 amide bonds. The zero-order chi connectivity index (χ0) is 13.9. The van der Waals surface area contributed by atoms with E-state index in [-0.39, 0.29) is 0 Å². The van der Waals surface area contributed by atoms with E-state index in [0.717, 1.165) is 25.3 Å². The second-order valence-electron chi connectivity index (χ2n) is 4.22. The highest BCUT2D eigenvalue weighted by Crippen LogP contribution is 2.10. The lowest BCUT2D eigenvalue weighted by molar-refractivity contribution is -0.105. The fourth-order valence-corrected chi connectivity index (χ4v) is 1.74. The third-order valence-electron chi connectivity index (χ3n) is 2.81. The van der Waals surface area contributed by atoms with Gasteiger partial charge in [0.1, 0.15) is 0 Å². The van der Waals surface area contributed by atoms with Gasteiger partial charge in [0.15, 0.2) is 0 Å². The summed E-state index contributed by atoms with van der Waals surface area (Å²) >= 11 is 0. The van der Waals surface area contributed by atoms with Crippen LogP contribution in [0.4, 0.5) is 5.69 Å². The molecule has 1 aromatic rings. The minimum Gasteiger partial charge on any atom is -0.383 e. The molecule has 0 aliphatic carbocycles. The van der Waals surface area contributed by atoms with Gasteiger partial charge in [-0.1, -0.05) is 12.1 Å². The molecule has 1 rings (SSSR count). The van der Waals surface area contributed by atoms with Crippen molar-refractivity contribution in [3.8, 4) is 0 Å². The number of ether oxygens (including phenoxy) is 2. The Morgan fingerprint density at radius 1 is 1.11 bits per heavy atom. The number of methoxy groups -OCH3 is 2. The summed E-state index contributed by atoms with van der Waals surface area (Å²) in [5.74, 6) is 0. The maximum Gasteiger partial charge on any atom is 0.211 e. The average Bonchev–Trinajstić information content (AvgIpc) is 2.44. The molecule has 0 saturated carbocycles. The van der Waals surface area contributed by atoms with Crippen molar-refractivity contribution in [1.82, 2.24) is 4.90 Å². The van der Waals surface area contributed by atoms with Crippen molar-refractivity contribution in [2.45, 2.75) is 6.54 Å². The maximum atomic E-state index is 10.3. The first kappa shape index (κ1) is 15.6. The van der Waals surface area contributed by atoms with Gasteiger partial charge in [-0.2, -0.15) is 0 Å². The van der Waals surface area contributed by atoms with E-state index >= 15 is 0 Å². The van der Waals surface area contributed by atoms with Crippen LogP contribution in [0.1, 0.15) is 5.56 Å². The van der Waals surface area contributed by atoms with Gasteiger partial charge in [-0.15, -0.1) is 0 Å². The summed E-state index contributed by atoms with van der Waals surface area (Å²) in [7, 11) is 3.41. The third kappa shape index (κ3) is 6.33. The van der Waals surface area contributed by atoms with Crippen LogP contribution >= 0.6 is 0 Å². The van der Waals surface area contributed by atoms with Crippen LogP contribution in [-0.2, 0) is 20.8 Å². The summed E-state index contributed by atoms with van der Waals surface area (Å²) in [6.07, 6.45) is 0.679. The van der Waals surface area contributed by atoms with Crippen LogP contribution in [0, 0.1) is 0 Å². The predicted molar refractivity (Wildman–Crippen MR) is 75.2 cm³/mol. The number of nitrogens with zero attached hydrogens (tertiary/aromatic N) is 1. The highest BCUT2D eigenvalue weighted by molar-refractivity contribution is 5.70. The summed E-state index contributed by atoms with van der Waals surface area (Å²) in [4.78, 5) is 12.6. The number of carbonyl (C=O) groups is 1. The monoisotopic (exact) mass is 266 g/mol. The van der Waals surface area contributed by atoms with Crippen LogP contribution in [0.2, 0.25) is 0 Å². The van der Waals surface area contributed by atoms with Gasteiger partial charge in [-0.25, -0.2) is 0 Å². The zero-order valence-corrected chi connectivity index (χ0v) is 11.6. The van der Waals surface area contributed by atoms with E-state index in [1.54, 1.807) is 14.2 Å². The zero-order valence-electron chi connectivity index (χ0n) is 11.6. The number of benzene rings is 1. The number of nitrogens with one attached hydrogen (secondary N) is 1. The van der Waals surface area contributed by atoms with Crippen LogP contribution in [0.25, 0.3) is 0 Å². The van der Waals surface area contributed by atoms with Crippen molar-refractivity contribution >= 4 is 12.1 Å². The Hall–Kier alpha value is -1.43. The minimum absolute atomic E-state index is 0.679. The smallest absolute Gasteiger partial charge is 0.211 e. The molecule has 1 aromatic carbocycles. The quantitative estimate of drug-likeness (QED) is 0.650. The number of hydrogen-bond donors (Lipinski definition) is 1. The highest BCUT2D eigenvalue weighted by atomic mass is 16.5. The molecule has 0 bridgehead atoms. The van der Waals surface area contributed by atoms with E-state index in [9.17, 15) is 4.79 Å². The molecular formula is C14H22N2O3. The Morgan fingerprint density at radius 2 is 1.68 bits per heavy atom. The van der Waals surface area contributed by atoms with E-state index in [1.165, 1.54) is 5.56 Å². The summed E-state index contributed by atoms with van der Waals surface area (Å²) < 4.78 is 10.2. The summed E-state index contributed by atoms with van der Waals surface area (Å²) in [6, 6.07) is 7.82. The summed E-state index contributed by atoms with van der Waals surface area (Å²) in [5.41, 5.74) is 2.00. The first-order valence-electron chi connectivity index (χ1n) is 6.29. The Bertz CT molecular complexity index is 346. The predicted octanol–water partition coefficient (Wildman–Crippen LogP) is 1.35. The van der Waals surface area contributed by atoms with Crippen molar-refractivity contribution < 1.29 is 14.3 Å². The molecule has 1 N–H and O–H groups in total. The van der Waals surface area contributed by atoms with Gasteiger partial charge in [0, 0.05) is 39.5 Å². The minimum atomic E-state index is 0.679. The van der Waals surface area contributed by atoms with Crippen molar-refractivity contribution in [1.29, 1.82) is 0 Å². The molecule has 0 fully saturated rings. The van der Waals surface area contributed by atoms with Crippen LogP contribution < -0.4 is 5.32 Å². The van der Waals surface area contributed by atoms with Crippen LogP contribution in [0.15, 0.2) is 24.3 Å². The highest BCUT2D eigenvalue weighted by Gasteiger charge is 2.05. The van der Waals surface area contributed by atoms with Gasteiger partial charge in [-0.3, -0.25) is 9.69 Å². The Morgan fingerprint density at radius 3 is 2.16 bits per heavy atom. The molecule has 0 aliphatic rings. The lowest BCUT2D eigenvalue weighted by atomic mass is 10.2. The van der Waals surface area contributed by atoms with Crippen LogP contribution in [0.5, 0.6) is 0 Å². The molecule has 0 radical (unpaired) electrons. The van der Waals surface area contributed by atoms with E-state index in [0.29, 0.717) is 19.6 Å². The molecule has 0 spiro atoms. The Kier molecular flexibility index (Phi) is 7.81. The van der Waals surface area contributed by atoms with Crippen molar-refractivity contribution in [2.75, 3.05) is 45.8 Å². The van der Waals surface area contributed by atoms with Gasteiger partial charge >= 0.3 is 0 Å². The molecule has 0 atom stereocenters. The van der Waals surface area contributed by atoms with Crippen molar-refractivity contribution in [3.63, 3.8) is 0 Å². The van der Waals surface area contributed by atoms with Crippen LogP contribution in [-0.4, -0.2) is 51.8 Å². The standard InChI is InChI=1S/C14H22N2O3/c1-18-9-7-16(8-10-19-2)11-13-3-5-14(6-4-13)15-12-17/h3-6,12H,7-11H2,1-2H3,(H,15,17). The molecule has 5 heteroatoms. The largest absolute Gasteiger partial charge is 0.383 e. The molecule has 0 heterocycles. The maximum absolute atomic E-state index is 10.3. The van der Waals surface area contributed by atoms with Gasteiger partial charge < -0.3 is 14.8 Å². The Balaban J connectivity index is 2.53. The fraction of sp³-hybridized carbons (Fsp3) is 0.500. The molecule has 0 aliphatic heterocycles. The molecule has 0 aromatic heterocycles. The molecule has 0 saturated heterocycles. The third-order valence-corrected chi connectivity index (χ3v) is 2.81. The fourth-order valence-electron chi connectivity index (χ4n) is 1.74. The van der Waals surface area contributed by atoms with Gasteiger partial charge in [-0.05, 0) is 17.7 Å². The average molecular weight is 266 g/mol. The van der Waals surface area contributed by atoms with Crippen LogP contribution in [0.3, 0.4) is 0 Å². The van der Waals surface area contributed by atoms with E-state index in [2.05, 4.69) is 10.2 Å². The molecule has 19 heavy (non-hydrogen) atoms. The molecular weight excluding hydrogens is 244 g/mol. The van der Waals surface area contributed by atoms with Crippen molar-refractivity contribution in [2.24, 2.45) is 0 Å². The molecule has 5 nitrogen and oxygen atoms in total. The second-order valence-corrected chi connectivity index (χ2v) is 4.22. The van der Waals surface area contributed by atoms with Crippen molar-refractivity contribution in [3.05, 3.63) is 29.8 Å². The Labute approximate surface area is 114 Å². The van der Waals surface area contributed by atoms with E-state index < -0.39 is 0 Å². The van der Waals surface area contributed by atoms with Gasteiger partial charge in [0.2, 0.25) is 6.41 Å².